The Morgan fingerprint density at radius 2 is 1.71 bits per heavy atom. The summed E-state index contributed by atoms with van der Waals surface area (Å²) in [7, 11) is 3.26. The lowest BCUT2D eigenvalue weighted by Crippen LogP contribution is -2.31. The second kappa shape index (κ2) is 8.25. The van der Waals surface area contributed by atoms with Crippen LogP contribution in [0.4, 0.5) is 0 Å². The first-order valence-electron chi connectivity index (χ1n) is 7.87. The van der Waals surface area contributed by atoms with E-state index in [-0.39, 0.29) is 0 Å². The van der Waals surface area contributed by atoms with E-state index >= 15 is 0 Å². The molecule has 0 radical (unpaired) electrons. The van der Waals surface area contributed by atoms with E-state index in [0.29, 0.717) is 12.3 Å². The predicted octanol–water partition coefficient (Wildman–Crippen LogP) is 3.00. The zero-order valence-corrected chi connectivity index (χ0v) is 13.2. The van der Waals surface area contributed by atoms with Crippen LogP contribution in [-0.4, -0.2) is 43.9 Å². The topological polar surface area (TPSA) is 41.9 Å². The zero-order valence-electron chi connectivity index (χ0n) is 13.2. The fourth-order valence-corrected chi connectivity index (χ4v) is 2.93. The third-order valence-corrected chi connectivity index (χ3v) is 4.18. The van der Waals surface area contributed by atoms with E-state index in [0.717, 1.165) is 24.4 Å². The number of aliphatic hydroxyl groups excluding tert-OH is 1. The third-order valence-electron chi connectivity index (χ3n) is 4.18. The van der Waals surface area contributed by atoms with Crippen molar-refractivity contribution in [3.05, 3.63) is 23.8 Å². The Balaban J connectivity index is 2.02. The van der Waals surface area contributed by atoms with Gasteiger partial charge in [-0.3, -0.25) is 0 Å². The number of benzene rings is 1. The summed E-state index contributed by atoms with van der Waals surface area (Å²) in [6.07, 6.45) is 5.89. The molecule has 1 heterocycles. The van der Waals surface area contributed by atoms with Crippen LogP contribution in [0.1, 0.15) is 43.8 Å². The Morgan fingerprint density at radius 3 is 2.33 bits per heavy atom. The lowest BCUT2D eigenvalue weighted by Gasteiger charge is -2.27. The highest BCUT2D eigenvalue weighted by molar-refractivity contribution is 5.42. The average Bonchev–Trinajstić information content (AvgIpc) is 2.49. The summed E-state index contributed by atoms with van der Waals surface area (Å²) in [5, 5.41) is 10.5. The Bertz CT molecular complexity index is 428. The maximum Gasteiger partial charge on any atom is 0.128 e. The van der Waals surface area contributed by atoms with Gasteiger partial charge in [0.25, 0.3) is 0 Å². The van der Waals surface area contributed by atoms with Crippen molar-refractivity contribution in [1.29, 1.82) is 0 Å². The largest absolute Gasteiger partial charge is 0.497 e. The molecule has 0 amide bonds. The summed E-state index contributed by atoms with van der Waals surface area (Å²) in [6.45, 7) is 2.83. The van der Waals surface area contributed by atoms with Gasteiger partial charge in [0.15, 0.2) is 0 Å². The van der Waals surface area contributed by atoms with Gasteiger partial charge in [0.05, 0.1) is 20.3 Å². The van der Waals surface area contributed by atoms with E-state index in [2.05, 4.69) is 4.90 Å². The van der Waals surface area contributed by atoms with Crippen molar-refractivity contribution < 1.29 is 14.6 Å². The average molecular weight is 293 g/mol. The van der Waals surface area contributed by atoms with Gasteiger partial charge < -0.3 is 19.5 Å². The van der Waals surface area contributed by atoms with Crippen LogP contribution in [0.2, 0.25) is 0 Å². The van der Waals surface area contributed by atoms with Crippen molar-refractivity contribution in [2.45, 2.75) is 38.2 Å². The van der Waals surface area contributed by atoms with Crippen molar-refractivity contribution in [2.24, 2.45) is 0 Å². The number of rotatable bonds is 5. The SMILES string of the molecule is COc1ccc(C(O)CN2CCCCCCC2)c(OC)c1. The van der Waals surface area contributed by atoms with Crippen LogP contribution in [0.5, 0.6) is 11.5 Å². The number of methoxy groups -OCH3 is 2. The molecule has 1 fully saturated rings. The Morgan fingerprint density at radius 1 is 1.05 bits per heavy atom. The summed E-state index contributed by atoms with van der Waals surface area (Å²) < 4.78 is 10.6. The summed E-state index contributed by atoms with van der Waals surface area (Å²) in [4.78, 5) is 2.37. The molecule has 1 unspecified atom stereocenters. The number of aliphatic hydroxyl groups is 1. The molecule has 4 nitrogen and oxygen atoms in total. The second-order valence-electron chi connectivity index (χ2n) is 5.69. The summed E-state index contributed by atoms with van der Waals surface area (Å²) in [5.41, 5.74) is 0.834. The molecule has 4 heteroatoms. The number of nitrogens with zero attached hydrogens (tertiary/aromatic N) is 1. The van der Waals surface area contributed by atoms with Gasteiger partial charge >= 0.3 is 0 Å². The van der Waals surface area contributed by atoms with Gasteiger partial charge in [-0.25, -0.2) is 0 Å². The maximum absolute atomic E-state index is 10.5. The fourth-order valence-electron chi connectivity index (χ4n) is 2.93. The van der Waals surface area contributed by atoms with Crippen molar-refractivity contribution >= 4 is 0 Å². The van der Waals surface area contributed by atoms with Gasteiger partial charge in [-0.15, -0.1) is 0 Å². The first-order chi connectivity index (χ1) is 10.2. The summed E-state index contributed by atoms with van der Waals surface area (Å²) >= 11 is 0. The predicted molar refractivity (Wildman–Crippen MR) is 84.0 cm³/mol. The molecule has 1 saturated heterocycles. The molecule has 2 rings (SSSR count). The van der Waals surface area contributed by atoms with Crippen molar-refractivity contribution in [3.63, 3.8) is 0 Å². The normalized spacial score (nSPS) is 18.6. The Labute approximate surface area is 127 Å². The van der Waals surface area contributed by atoms with Crippen LogP contribution in [0, 0.1) is 0 Å². The molecule has 0 saturated carbocycles. The molecule has 1 aliphatic heterocycles. The molecule has 1 atom stereocenters. The minimum absolute atomic E-state index is 0.523. The zero-order chi connectivity index (χ0) is 15.1. The fraction of sp³-hybridized carbons (Fsp3) is 0.647. The van der Waals surface area contributed by atoms with Crippen LogP contribution < -0.4 is 9.47 Å². The smallest absolute Gasteiger partial charge is 0.128 e. The molecular weight excluding hydrogens is 266 g/mol. The minimum Gasteiger partial charge on any atom is -0.497 e. The Hall–Kier alpha value is -1.26. The molecule has 0 bridgehead atoms. The molecule has 0 spiro atoms. The van der Waals surface area contributed by atoms with Gasteiger partial charge in [0, 0.05) is 18.2 Å². The lowest BCUT2D eigenvalue weighted by molar-refractivity contribution is 0.105. The van der Waals surface area contributed by atoms with Crippen LogP contribution in [0.3, 0.4) is 0 Å². The first kappa shape index (κ1) is 16.1. The van der Waals surface area contributed by atoms with Gasteiger partial charge in [0.2, 0.25) is 0 Å². The molecule has 0 aromatic heterocycles. The molecule has 118 valence electrons. The third kappa shape index (κ3) is 4.61. The second-order valence-corrected chi connectivity index (χ2v) is 5.69. The van der Waals surface area contributed by atoms with Crippen LogP contribution in [-0.2, 0) is 0 Å². The molecular formula is C17H27NO3. The minimum atomic E-state index is -0.523. The molecule has 1 aliphatic rings. The first-order valence-corrected chi connectivity index (χ1v) is 7.87. The molecule has 0 aliphatic carbocycles. The van der Waals surface area contributed by atoms with E-state index in [1.807, 2.05) is 18.2 Å². The van der Waals surface area contributed by atoms with Gasteiger partial charge in [0.1, 0.15) is 11.5 Å². The number of β-amino-alcohol motifs (C(OH)–C–C–N with tert-alkyl or cyclic N) is 1. The monoisotopic (exact) mass is 293 g/mol. The standard InChI is InChI=1S/C17H27NO3/c1-20-14-8-9-15(17(12-14)21-2)16(19)13-18-10-6-4-3-5-7-11-18/h8-9,12,16,19H,3-7,10-11,13H2,1-2H3. The maximum atomic E-state index is 10.5. The van der Waals surface area contributed by atoms with Crippen molar-refractivity contribution in [2.75, 3.05) is 33.9 Å². The van der Waals surface area contributed by atoms with E-state index < -0.39 is 6.10 Å². The van der Waals surface area contributed by atoms with Crippen LogP contribution in [0.25, 0.3) is 0 Å². The summed E-state index contributed by atoms with van der Waals surface area (Å²) in [5.74, 6) is 1.43. The molecule has 1 aromatic rings. The van der Waals surface area contributed by atoms with Crippen molar-refractivity contribution in [3.8, 4) is 11.5 Å². The van der Waals surface area contributed by atoms with E-state index in [9.17, 15) is 5.11 Å². The number of hydrogen-bond donors (Lipinski definition) is 1. The number of ether oxygens (including phenoxy) is 2. The van der Waals surface area contributed by atoms with Gasteiger partial charge in [-0.1, -0.05) is 19.3 Å². The molecule has 1 aromatic carbocycles. The van der Waals surface area contributed by atoms with Gasteiger partial charge in [-0.05, 0) is 38.1 Å². The van der Waals surface area contributed by atoms with Gasteiger partial charge in [-0.2, -0.15) is 0 Å². The quantitative estimate of drug-likeness (QED) is 0.906. The molecule has 21 heavy (non-hydrogen) atoms. The van der Waals surface area contributed by atoms with Crippen LogP contribution >= 0.6 is 0 Å². The Kier molecular flexibility index (Phi) is 6.33. The highest BCUT2D eigenvalue weighted by atomic mass is 16.5. The van der Waals surface area contributed by atoms with Crippen molar-refractivity contribution in [1.82, 2.24) is 4.90 Å². The molecule has 1 N–H and O–H groups in total. The summed E-state index contributed by atoms with van der Waals surface area (Å²) in [6, 6.07) is 5.59. The lowest BCUT2D eigenvalue weighted by atomic mass is 10.0. The van der Waals surface area contributed by atoms with E-state index in [4.69, 9.17) is 9.47 Å². The highest BCUT2D eigenvalue weighted by Crippen LogP contribution is 2.30. The van der Waals surface area contributed by atoms with E-state index in [1.54, 1.807) is 14.2 Å². The van der Waals surface area contributed by atoms with E-state index in [1.165, 1.54) is 32.1 Å². The number of hydrogen-bond acceptors (Lipinski definition) is 4. The number of likely N-dealkylation sites (tertiary alicyclic amines) is 1. The highest BCUT2D eigenvalue weighted by Gasteiger charge is 2.18. The van der Waals surface area contributed by atoms with Crippen LogP contribution in [0.15, 0.2) is 18.2 Å².